The Morgan fingerprint density at radius 1 is 1.19 bits per heavy atom. The first-order chi connectivity index (χ1) is 7.68. The molecule has 0 aromatic carbocycles. The molecule has 0 saturated carbocycles. The van der Waals surface area contributed by atoms with E-state index in [1.54, 1.807) is 0 Å². The lowest BCUT2D eigenvalue weighted by atomic mass is 10.3. The molecule has 0 N–H and O–H groups in total. The Balaban J connectivity index is 1.91. The van der Waals surface area contributed by atoms with Crippen LogP contribution >= 0.6 is 0 Å². The molecule has 2 amide bonds. The molecule has 2 aliphatic rings. The summed E-state index contributed by atoms with van der Waals surface area (Å²) >= 11 is 0. The molecular weight excluding hydrogens is 204 g/mol. The van der Waals surface area contributed by atoms with Gasteiger partial charge in [0, 0.05) is 38.2 Å². The van der Waals surface area contributed by atoms with Crippen LogP contribution < -0.4 is 0 Å². The van der Waals surface area contributed by atoms with Gasteiger partial charge < -0.3 is 9.80 Å². The van der Waals surface area contributed by atoms with Crippen molar-refractivity contribution < 1.29 is 9.59 Å². The number of rotatable bonds is 3. The summed E-state index contributed by atoms with van der Waals surface area (Å²) in [7, 11) is 0. The normalized spacial score (nSPS) is 22.4. The number of hydrogen-bond acceptors (Lipinski definition) is 2. The van der Waals surface area contributed by atoms with Gasteiger partial charge in [-0.1, -0.05) is 0 Å². The predicted molar refractivity (Wildman–Crippen MR) is 60.5 cm³/mol. The van der Waals surface area contributed by atoms with E-state index < -0.39 is 0 Å². The van der Waals surface area contributed by atoms with E-state index in [1.807, 2.05) is 22.8 Å². The number of nitrogens with zero attached hydrogens (tertiary/aromatic N) is 2. The van der Waals surface area contributed by atoms with Crippen molar-refractivity contribution in [1.82, 2.24) is 9.80 Å². The summed E-state index contributed by atoms with van der Waals surface area (Å²) in [4.78, 5) is 26.5. The van der Waals surface area contributed by atoms with Gasteiger partial charge in [-0.25, -0.2) is 0 Å². The Labute approximate surface area is 95.9 Å². The third-order valence-corrected chi connectivity index (χ3v) is 3.28. The minimum atomic E-state index is 0.210. The molecule has 2 fully saturated rings. The monoisotopic (exact) mass is 222 g/mol. The molecule has 2 heterocycles. The molecule has 2 aliphatic heterocycles. The van der Waals surface area contributed by atoms with Gasteiger partial charge in [0.15, 0.2) is 0 Å². The summed E-state index contributed by atoms with van der Waals surface area (Å²) in [6, 6.07) is 0. The van der Waals surface area contributed by atoms with Crippen LogP contribution in [0.3, 0.4) is 0 Å². The molecule has 0 aromatic rings. The quantitative estimate of drug-likeness (QED) is 0.718. The zero-order valence-corrected chi connectivity index (χ0v) is 9.74. The third kappa shape index (κ3) is 2.26. The largest absolute Gasteiger partial charge is 0.339 e. The average Bonchev–Trinajstić information content (AvgIpc) is 2.84. The number of allylic oxidation sites excluding steroid dienone is 1. The molecule has 2 saturated heterocycles. The Morgan fingerprint density at radius 2 is 1.88 bits per heavy atom. The van der Waals surface area contributed by atoms with E-state index in [1.165, 1.54) is 0 Å². The van der Waals surface area contributed by atoms with Gasteiger partial charge in [-0.15, -0.1) is 0 Å². The van der Waals surface area contributed by atoms with Crippen LogP contribution in [0.15, 0.2) is 11.8 Å². The maximum atomic E-state index is 11.5. The van der Waals surface area contributed by atoms with Crippen LogP contribution in [0.5, 0.6) is 0 Å². The van der Waals surface area contributed by atoms with Crippen LogP contribution in [0.4, 0.5) is 0 Å². The minimum absolute atomic E-state index is 0.210. The van der Waals surface area contributed by atoms with Crippen LogP contribution in [0.1, 0.15) is 32.6 Å². The van der Waals surface area contributed by atoms with E-state index in [4.69, 9.17) is 0 Å². The fourth-order valence-corrected chi connectivity index (χ4v) is 2.27. The first-order valence-electron chi connectivity index (χ1n) is 5.93. The van der Waals surface area contributed by atoms with Crippen molar-refractivity contribution in [2.75, 3.05) is 19.6 Å². The molecule has 4 heteroatoms. The number of amides is 2. The molecule has 0 bridgehead atoms. The first kappa shape index (κ1) is 11.2. The van der Waals surface area contributed by atoms with E-state index in [9.17, 15) is 9.59 Å². The highest BCUT2D eigenvalue weighted by atomic mass is 16.2. The summed E-state index contributed by atoms with van der Waals surface area (Å²) < 4.78 is 0. The molecule has 0 aromatic heterocycles. The first-order valence-corrected chi connectivity index (χ1v) is 5.93. The molecule has 0 aliphatic carbocycles. The summed E-state index contributed by atoms with van der Waals surface area (Å²) in [5.41, 5.74) is 0.988. The lowest BCUT2D eigenvalue weighted by Gasteiger charge is -2.18. The van der Waals surface area contributed by atoms with Gasteiger partial charge >= 0.3 is 0 Å². The molecule has 0 radical (unpaired) electrons. The second kappa shape index (κ2) is 4.68. The fourth-order valence-electron chi connectivity index (χ4n) is 2.27. The molecule has 0 unspecified atom stereocenters. The molecule has 0 atom stereocenters. The van der Waals surface area contributed by atoms with Crippen LogP contribution in [-0.4, -0.2) is 41.2 Å². The highest BCUT2D eigenvalue weighted by Crippen LogP contribution is 2.16. The fraction of sp³-hybridized carbons (Fsp3) is 0.667. The highest BCUT2D eigenvalue weighted by Gasteiger charge is 2.22. The number of hydrogen-bond donors (Lipinski definition) is 0. The Bertz CT molecular complexity index is 336. The molecule has 4 nitrogen and oxygen atoms in total. The van der Waals surface area contributed by atoms with E-state index in [2.05, 4.69) is 0 Å². The van der Waals surface area contributed by atoms with Crippen molar-refractivity contribution >= 4 is 11.8 Å². The second-order valence-electron chi connectivity index (χ2n) is 4.44. The van der Waals surface area contributed by atoms with Gasteiger partial charge in [0.05, 0.1) is 0 Å². The summed E-state index contributed by atoms with van der Waals surface area (Å²) in [6.45, 7) is 4.28. The SMILES string of the molecule is CC(=CCN1CCCC1=O)N1CCCC1=O. The summed E-state index contributed by atoms with van der Waals surface area (Å²) in [5.74, 6) is 0.443. The maximum Gasteiger partial charge on any atom is 0.226 e. The highest BCUT2D eigenvalue weighted by molar-refractivity contribution is 5.80. The van der Waals surface area contributed by atoms with Gasteiger partial charge in [0.25, 0.3) is 0 Å². The van der Waals surface area contributed by atoms with Crippen molar-refractivity contribution in [2.24, 2.45) is 0 Å². The van der Waals surface area contributed by atoms with E-state index in [0.717, 1.165) is 31.6 Å². The van der Waals surface area contributed by atoms with Gasteiger partial charge in [-0.3, -0.25) is 9.59 Å². The number of likely N-dealkylation sites (tertiary alicyclic amines) is 2. The van der Waals surface area contributed by atoms with Crippen molar-refractivity contribution in [2.45, 2.75) is 32.6 Å². The van der Waals surface area contributed by atoms with Gasteiger partial charge in [-0.2, -0.15) is 0 Å². The third-order valence-electron chi connectivity index (χ3n) is 3.28. The number of carbonyl (C=O) groups excluding carboxylic acids is 2. The predicted octanol–water partition coefficient (Wildman–Crippen LogP) is 1.14. The standard InChI is InChI=1S/C12H18N2O2/c1-10(14-8-3-5-12(14)16)6-9-13-7-2-4-11(13)15/h6H,2-5,7-9H2,1H3. The van der Waals surface area contributed by atoms with Crippen molar-refractivity contribution in [3.63, 3.8) is 0 Å². The smallest absolute Gasteiger partial charge is 0.226 e. The maximum absolute atomic E-state index is 11.5. The zero-order chi connectivity index (χ0) is 11.5. The number of carbonyl (C=O) groups is 2. The van der Waals surface area contributed by atoms with Crippen LogP contribution in [0.25, 0.3) is 0 Å². The molecular formula is C12H18N2O2. The molecule has 2 rings (SSSR count). The lowest BCUT2D eigenvalue weighted by molar-refractivity contribution is -0.127. The van der Waals surface area contributed by atoms with Crippen LogP contribution in [-0.2, 0) is 9.59 Å². The van der Waals surface area contributed by atoms with Crippen molar-refractivity contribution in [1.29, 1.82) is 0 Å². The second-order valence-corrected chi connectivity index (χ2v) is 4.44. The topological polar surface area (TPSA) is 40.6 Å². The molecule has 16 heavy (non-hydrogen) atoms. The molecule has 0 spiro atoms. The zero-order valence-electron chi connectivity index (χ0n) is 9.74. The average molecular weight is 222 g/mol. The van der Waals surface area contributed by atoms with Crippen molar-refractivity contribution in [3.05, 3.63) is 11.8 Å². The van der Waals surface area contributed by atoms with Gasteiger partial charge in [0.1, 0.15) is 0 Å². The van der Waals surface area contributed by atoms with E-state index in [0.29, 0.717) is 19.4 Å². The van der Waals surface area contributed by atoms with E-state index >= 15 is 0 Å². The summed E-state index contributed by atoms with van der Waals surface area (Å²) in [5, 5.41) is 0. The van der Waals surface area contributed by atoms with Crippen LogP contribution in [0, 0.1) is 0 Å². The Kier molecular flexibility index (Phi) is 3.27. The van der Waals surface area contributed by atoms with Gasteiger partial charge in [0.2, 0.25) is 11.8 Å². The van der Waals surface area contributed by atoms with Crippen LogP contribution in [0.2, 0.25) is 0 Å². The van der Waals surface area contributed by atoms with Crippen molar-refractivity contribution in [3.8, 4) is 0 Å². The van der Waals surface area contributed by atoms with E-state index in [-0.39, 0.29) is 11.8 Å². The Hall–Kier alpha value is -1.32. The minimum Gasteiger partial charge on any atom is -0.339 e. The Morgan fingerprint density at radius 3 is 2.44 bits per heavy atom. The summed E-state index contributed by atoms with van der Waals surface area (Å²) in [6.07, 6.45) is 5.25. The molecule has 88 valence electrons. The lowest BCUT2D eigenvalue weighted by Crippen LogP contribution is -2.27. The van der Waals surface area contributed by atoms with Gasteiger partial charge in [-0.05, 0) is 25.8 Å².